The molecule has 1 saturated heterocycles. The Labute approximate surface area is 68.9 Å². The van der Waals surface area contributed by atoms with Gasteiger partial charge in [-0.3, -0.25) is 0 Å². The summed E-state index contributed by atoms with van der Waals surface area (Å²) in [6.07, 6.45) is 2.57. The summed E-state index contributed by atoms with van der Waals surface area (Å²) in [6, 6.07) is 0. The lowest BCUT2D eigenvalue weighted by molar-refractivity contribution is -0.0687. The van der Waals surface area contributed by atoms with Gasteiger partial charge in [0.05, 0.1) is 12.7 Å². The van der Waals surface area contributed by atoms with Crippen LogP contribution in [-0.4, -0.2) is 19.0 Å². The van der Waals surface area contributed by atoms with E-state index in [1.807, 2.05) is 0 Å². The number of rotatable bonds is 3. The number of hydrogen-bond donors (Lipinski definition) is 0. The van der Waals surface area contributed by atoms with Gasteiger partial charge < -0.3 is 9.47 Å². The first-order valence-electron chi connectivity index (χ1n) is 4.51. The second-order valence-electron chi connectivity index (χ2n) is 3.47. The summed E-state index contributed by atoms with van der Waals surface area (Å²) < 4.78 is 11.1. The second-order valence-corrected chi connectivity index (χ2v) is 3.47. The minimum Gasteiger partial charge on any atom is -0.350 e. The molecule has 0 spiro atoms. The van der Waals surface area contributed by atoms with Gasteiger partial charge in [0.15, 0.2) is 6.29 Å². The molecule has 2 unspecified atom stereocenters. The summed E-state index contributed by atoms with van der Waals surface area (Å²) in [5.41, 5.74) is 0. The molecule has 0 aromatic heterocycles. The lowest BCUT2D eigenvalue weighted by atomic mass is 10.1. The Morgan fingerprint density at radius 1 is 1.45 bits per heavy atom. The third-order valence-electron chi connectivity index (χ3n) is 2.04. The standard InChI is InChI=1S/C9H18O2/c1-4-5-9-10-6-8(11-9)7(2)3/h7-9H,4-6H2,1-3H3. The molecule has 2 heteroatoms. The molecule has 1 rings (SSSR count). The third-order valence-corrected chi connectivity index (χ3v) is 2.04. The fourth-order valence-electron chi connectivity index (χ4n) is 1.21. The van der Waals surface area contributed by atoms with Crippen LogP contribution in [0.25, 0.3) is 0 Å². The average molecular weight is 158 g/mol. The van der Waals surface area contributed by atoms with Gasteiger partial charge in [0.2, 0.25) is 0 Å². The van der Waals surface area contributed by atoms with Crippen molar-refractivity contribution in [1.29, 1.82) is 0 Å². The van der Waals surface area contributed by atoms with Crippen LogP contribution in [0.1, 0.15) is 33.6 Å². The van der Waals surface area contributed by atoms with E-state index in [0.29, 0.717) is 12.0 Å². The maximum Gasteiger partial charge on any atom is 0.158 e. The van der Waals surface area contributed by atoms with E-state index in [1.165, 1.54) is 0 Å². The van der Waals surface area contributed by atoms with Crippen LogP contribution >= 0.6 is 0 Å². The molecule has 0 saturated carbocycles. The van der Waals surface area contributed by atoms with Crippen molar-refractivity contribution < 1.29 is 9.47 Å². The quantitative estimate of drug-likeness (QED) is 0.626. The topological polar surface area (TPSA) is 18.5 Å². The molecule has 66 valence electrons. The fraction of sp³-hybridized carbons (Fsp3) is 1.00. The van der Waals surface area contributed by atoms with E-state index >= 15 is 0 Å². The van der Waals surface area contributed by atoms with E-state index in [4.69, 9.17) is 9.47 Å². The Morgan fingerprint density at radius 3 is 2.64 bits per heavy atom. The Bertz CT molecular complexity index is 112. The van der Waals surface area contributed by atoms with Crippen LogP contribution < -0.4 is 0 Å². The van der Waals surface area contributed by atoms with Crippen molar-refractivity contribution in [3.8, 4) is 0 Å². The van der Waals surface area contributed by atoms with Crippen molar-refractivity contribution in [3.63, 3.8) is 0 Å². The van der Waals surface area contributed by atoms with Crippen molar-refractivity contribution in [2.75, 3.05) is 6.61 Å². The molecular weight excluding hydrogens is 140 g/mol. The van der Waals surface area contributed by atoms with Crippen LogP contribution in [0.4, 0.5) is 0 Å². The van der Waals surface area contributed by atoms with Crippen LogP contribution in [0.5, 0.6) is 0 Å². The van der Waals surface area contributed by atoms with Gasteiger partial charge in [-0.25, -0.2) is 0 Å². The molecule has 0 aromatic carbocycles. The first-order chi connectivity index (χ1) is 5.24. The summed E-state index contributed by atoms with van der Waals surface area (Å²) in [4.78, 5) is 0. The Kier molecular flexibility index (Phi) is 3.34. The molecule has 0 N–H and O–H groups in total. The highest BCUT2D eigenvalue weighted by Gasteiger charge is 2.27. The molecule has 0 aliphatic carbocycles. The first-order valence-corrected chi connectivity index (χ1v) is 4.51. The zero-order chi connectivity index (χ0) is 8.27. The van der Waals surface area contributed by atoms with Gasteiger partial charge in [0.1, 0.15) is 0 Å². The number of ether oxygens (including phenoxy) is 2. The Hall–Kier alpha value is -0.0800. The molecule has 2 nitrogen and oxygen atoms in total. The summed E-state index contributed by atoms with van der Waals surface area (Å²) in [5.74, 6) is 0.580. The van der Waals surface area contributed by atoms with Gasteiger partial charge in [-0.05, 0) is 12.3 Å². The smallest absolute Gasteiger partial charge is 0.158 e. The van der Waals surface area contributed by atoms with Gasteiger partial charge in [-0.2, -0.15) is 0 Å². The summed E-state index contributed by atoms with van der Waals surface area (Å²) >= 11 is 0. The van der Waals surface area contributed by atoms with E-state index in [9.17, 15) is 0 Å². The molecule has 1 aliphatic rings. The van der Waals surface area contributed by atoms with Crippen molar-refractivity contribution >= 4 is 0 Å². The summed E-state index contributed by atoms with van der Waals surface area (Å²) in [5, 5.41) is 0. The molecule has 2 atom stereocenters. The molecule has 11 heavy (non-hydrogen) atoms. The zero-order valence-corrected chi connectivity index (χ0v) is 7.67. The second kappa shape index (κ2) is 4.07. The molecule has 1 heterocycles. The van der Waals surface area contributed by atoms with E-state index in [0.717, 1.165) is 19.4 Å². The highest BCUT2D eigenvalue weighted by atomic mass is 16.7. The van der Waals surface area contributed by atoms with E-state index in [1.54, 1.807) is 0 Å². The van der Waals surface area contributed by atoms with Gasteiger partial charge >= 0.3 is 0 Å². The minimum atomic E-state index is 0.0763. The predicted molar refractivity (Wildman–Crippen MR) is 44.4 cm³/mol. The lowest BCUT2D eigenvalue weighted by Gasteiger charge is -2.12. The SMILES string of the molecule is CCCC1OCC(C(C)C)O1. The van der Waals surface area contributed by atoms with Crippen molar-refractivity contribution in [2.45, 2.75) is 46.0 Å². The summed E-state index contributed by atoms with van der Waals surface area (Å²) in [7, 11) is 0. The number of hydrogen-bond acceptors (Lipinski definition) is 2. The average Bonchev–Trinajstić information content (AvgIpc) is 2.37. The van der Waals surface area contributed by atoms with Crippen LogP contribution in [0.2, 0.25) is 0 Å². The highest BCUT2D eigenvalue weighted by molar-refractivity contribution is 4.68. The summed E-state index contributed by atoms with van der Waals surface area (Å²) in [6.45, 7) is 7.27. The normalized spacial score (nSPS) is 31.6. The lowest BCUT2D eigenvalue weighted by Crippen LogP contribution is -2.18. The van der Waals surface area contributed by atoms with E-state index < -0.39 is 0 Å². The van der Waals surface area contributed by atoms with Crippen molar-refractivity contribution in [3.05, 3.63) is 0 Å². The van der Waals surface area contributed by atoms with Crippen molar-refractivity contribution in [2.24, 2.45) is 5.92 Å². The van der Waals surface area contributed by atoms with Crippen molar-refractivity contribution in [1.82, 2.24) is 0 Å². The first kappa shape index (κ1) is 9.01. The molecule has 1 fully saturated rings. The van der Waals surface area contributed by atoms with E-state index in [2.05, 4.69) is 20.8 Å². The third kappa shape index (κ3) is 2.46. The molecule has 0 aromatic rings. The minimum absolute atomic E-state index is 0.0763. The molecular formula is C9H18O2. The van der Waals surface area contributed by atoms with Gasteiger partial charge in [0, 0.05) is 0 Å². The fourth-order valence-corrected chi connectivity index (χ4v) is 1.21. The largest absolute Gasteiger partial charge is 0.350 e. The van der Waals surface area contributed by atoms with E-state index in [-0.39, 0.29) is 6.29 Å². The molecule has 0 radical (unpaired) electrons. The molecule has 1 aliphatic heterocycles. The van der Waals surface area contributed by atoms with Crippen LogP contribution in [0.3, 0.4) is 0 Å². The Balaban J connectivity index is 2.23. The maximum atomic E-state index is 5.64. The Morgan fingerprint density at radius 2 is 2.18 bits per heavy atom. The van der Waals surface area contributed by atoms with Crippen LogP contribution in [0, 0.1) is 5.92 Å². The highest BCUT2D eigenvalue weighted by Crippen LogP contribution is 2.20. The maximum absolute atomic E-state index is 5.64. The van der Waals surface area contributed by atoms with Gasteiger partial charge in [-0.1, -0.05) is 27.2 Å². The predicted octanol–water partition coefficient (Wildman–Crippen LogP) is 2.18. The zero-order valence-electron chi connectivity index (χ0n) is 7.67. The monoisotopic (exact) mass is 158 g/mol. The molecule has 0 bridgehead atoms. The molecule has 0 amide bonds. The van der Waals surface area contributed by atoms with Crippen LogP contribution in [0.15, 0.2) is 0 Å². The van der Waals surface area contributed by atoms with Crippen LogP contribution in [-0.2, 0) is 9.47 Å². The van der Waals surface area contributed by atoms with Gasteiger partial charge in [-0.15, -0.1) is 0 Å². The van der Waals surface area contributed by atoms with Gasteiger partial charge in [0.25, 0.3) is 0 Å².